The highest BCUT2D eigenvalue weighted by Gasteiger charge is 2.35. The largest absolute Gasteiger partial charge is 0.393 e. The van der Waals surface area contributed by atoms with Crippen molar-refractivity contribution in [2.75, 3.05) is 0 Å². The summed E-state index contributed by atoms with van der Waals surface area (Å²) in [6.07, 6.45) is 2.80. The van der Waals surface area contributed by atoms with Crippen LogP contribution < -0.4 is 5.32 Å². The maximum Gasteiger partial charge on any atom is 0.253 e. The quantitative estimate of drug-likeness (QED) is 0.769. The average molecular weight is 332 g/mol. The zero-order chi connectivity index (χ0) is 17.2. The third-order valence-corrected chi connectivity index (χ3v) is 4.92. The van der Waals surface area contributed by atoms with Crippen LogP contribution in [0.25, 0.3) is 10.9 Å². The van der Waals surface area contributed by atoms with Crippen LogP contribution in [0.2, 0.25) is 0 Å². The van der Waals surface area contributed by atoms with E-state index in [1.807, 2.05) is 60.7 Å². The van der Waals surface area contributed by atoms with Crippen molar-refractivity contribution in [3.05, 3.63) is 78.0 Å². The van der Waals surface area contributed by atoms with Gasteiger partial charge in [0.05, 0.1) is 23.2 Å². The summed E-state index contributed by atoms with van der Waals surface area (Å²) in [5, 5.41) is 13.8. The maximum absolute atomic E-state index is 12.8. The Morgan fingerprint density at radius 3 is 2.56 bits per heavy atom. The normalized spacial score (nSPS) is 20.7. The van der Waals surface area contributed by atoms with Crippen molar-refractivity contribution in [3.63, 3.8) is 0 Å². The number of fused-ring (bicyclic) bond motifs is 1. The van der Waals surface area contributed by atoms with E-state index in [1.165, 1.54) is 0 Å². The van der Waals surface area contributed by atoms with Crippen LogP contribution in [0.4, 0.5) is 0 Å². The first-order chi connectivity index (χ1) is 12.2. The molecule has 1 saturated carbocycles. The molecular formula is C21H20N2O2. The SMILES string of the molecule is O=C(NC(c1ccccc1)C1CC(O)C1)c1cnc2ccccc2c1. The molecule has 3 aromatic rings. The summed E-state index contributed by atoms with van der Waals surface area (Å²) >= 11 is 0. The molecule has 0 spiro atoms. The van der Waals surface area contributed by atoms with Gasteiger partial charge in [0.25, 0.3) is 5.91 Å². The molecule has 126 valence electrons. The number of aromatic nitrogens is 1. The maximum atomic E-state index is 12.8. The monoisotopic (exact) mass is 332 g/mol. The van der Waals surface area contributed by atoms with E-state index in [2.05, 4.69) is 10.3 Å². The number of aliphatic hydroxyl groups excluding tert-OH is 1. The van der Waals surface area contributed by atoms with E-state index >= 15 is 0 Å². The number of nitrogens with zero attached hydrogens (tertiary/aromatic N) is 1. The van der Waals surface area contributed by atoms with E-state index in [9.17, 15) is 9.90 Å². The van der Waals surface area contributed by atoms with E-state index in [-0.39, 0.29) is 24.0 Å². The number of para-hydroxylation sites is 1. The van der Waals surface area contributed by atoms with Crippen LogP contribution in [0.1, 0.15) is 34.8 Å². The first-order valence-corrected chi connectivity index (χ1v) is 8.59. The number of hydrogen-bond acceptors (Lipinski definition) is 3. The average Bonchev–Trinajstić information content (AvgIpc) is 2.64. The van der Waals surface area contributed by atoms with Gasteiger partial charge in [-0.3, -0.25) is 9.78 Å². The molecule has 25 heavy (non-hydrogen) atoms. The Labute approximate surface area is 146 Å². The fraction of sp³-hybridized carbons (Fsp3) is 0.238. The molecule has 1 aromatic heterocycles. The number of benzene rings is 2. The predicted octanol–water partition coefficient (Wildman–Crippen LogP) is 3.48. The van der Waals surface area contributed by atoms with E-state index in [4.69, 9.17) is 0 Å². The zero-order valence-electron chi connectivity index (χ0n) is 13.8. The number of hydrogen-bond donors (Lipinski definition) is 2. The Morgan fingerprint density at radius 1 is 1.08 bits per heavy atom. The zero-order valence-corrected chi connectivity index (χ0v) is 13.8. The van der Waals surface area contributed by atoms with Crippen molar-refractivity contribution >= 4 is 16.8 Å². The molecular weight excluding hydrogens is 312 g/mol. The third-order valence-electron chi connectivity index (χ3n) is 4.92. The molecule has 0 saturated heterocycles. The Bertz CT molecular complexity index is 889. The van der Waals surface area contributed by atoms with Crippen molar-refractivity contribution in [2.24, 2.45) is 5.92 Å². The highest BCUT2D eigenvalue weighted by atomic mass is 16.3. The summed E-state index contributed by atoms with van der Waals surface area (Å²) in [5.74, 6) is 0.128. The molecule has 2 N–H and O–H groups in total. The fourth-order valence-electron chi connectivity index (χ4n) is 3.46. The standard InChI is InChI=1S/C21H20N2O2/c24-18-11-16(12-18)20(14-6-2-1-3-7-14)23-21(25)17-10-15-8-4-5-9-19(15)22-13-17/h1-10,13,16,18,20,24H,11-12H2,(H,23,25). The number of amides is 1. The molecule has 1 fully saturated rings. The second-order valence-electron chi connectivity index (χ2n) is 6.66. The fourth-order valence-corrected chi connectivity index (χ4v) is 3.46. The first kappa shape index (κ1) is 15.8. The van der Waals surface area contributed by atoms with Crippen LogP contribution in [0, 0.1) is 5.92 Å². The molecule has 1 aliphatic carbocycles. The van der Waals surface area contributed by atoms with Crippen LogP contribution >= 0.6 is 0 Å². The summed E-state index contributed by atoms with van der Waals surface area (Å²) < 4.78 is 0. The highest BCUT2D eigenvalue weighted by Crippen LogP contribution is 2.38. The van der Waals surface area contributed by atoms with Gasteiger partial charge in [-0.25, -0.2) is 0 Å². The molecule has 1 atom stereocenters. The van der Waals surface area contributed by atoms with Crippen molar-refractivity contribution < 1.29 is 9.90 Å². The second-order valence-corrected chi connectivity index (χ2v) is 6.66. The van der Waals surface area contributed by atoms with Gasteiger partial charge in [0, 0.05) is 11.6 Å². The Morgan fingerprint density at radius 2 is 1.80 bits per heavy atom. The first-order valence-electron chi connectivity index (χ1n) is 8.59. The lowest BCUT2D eigenvalue weighted by Crippen LogP contribution is -2.41. The van der Waals surface area contributed by atoms with Gasteiger partial charge in [0.1, 0.15) is 0 Å². The molecule has 1 amide bonds. The molecule has 4 heteroatoms. The molecule has 1 unspecified atom stereocenters. The molecule has 0 aliphatic heterocycles. The lowest BCUT2D eigenvalue weighted by Gasteiger charge is -2.38. The van der Waals surface area contributed by atoms with Crippen LogP contribution in [0.5, 0.6) is 0 Å². The molecule has 0 radical (unpaired) electrons. The second kappa shape index (κ2) is 6.65. The van der Waals surface area contributed by atoms with E-state index in [0.29, 0.717) is 5.56 Å². The predicted molar refractivity (Wildman–Crippen MR) is 97.1 cm³/mol. The highest BCUT2D eigenvalue weighted by molar-refractivity contribution is 5.97. The molecule has 2 aromatic carbocycles. The smallest absolute Gasteiger partial charge is 0.253 e. The minimum absolute atomic E-state index is 0.0939. The summed E-state index contributed by atoms with van der Waals surface area (Å²) in [6.45, 7) is 0. The topological polar surface area (TPSA) is 62.2 Å². The van der Waals surface area contributed by atoms with Gasteiger partial charge in [-0.15, -0.1) is 0 Å². The van der Waals surface area contributed by atoms with Gasteiger partial charge >= 0.3 is 0 Å². The molecule has 0 bridgehead atoms. The van der Waals surface area contributed by atoms with Crippen molar-refractivity contribution in [3.8, 4) is 0 Å². The van der Waals surface area contributed by atoms with Crippen LogP contribution in [-0.2, 0) is 0 Å². The lowest BCUT2D eigenvalue weighted by atomic mass is 9.75. The summed E-state index contributed by atoms with van der Waals surface area (Å²) in [5.41, 5.74) is 2.50. The summed E-state index contributed by atoms with van der Waals surface area (Å²) in [6, 6.07) is 19.5. The van der Waals surface area contributed by atoms with Crippen molar-refractivity contribution in [1.29, 1.82) is 0 Å². The van der Waals surface area contributed by atoms with Gasteiger partial charge in [-0.1, -0.05) is 48.5 Å². The number of aliphatic hydroxyl groups is 1. The van der Waals surface area contributed by atoms with Gasteiger partial charge in [0.2, 0.25) is 0 Å². The van der Waals surface area contributed by atoms with Crippen LogP contribution in [0.15, 0.2) is 66.9 Å². The van der Waals surface area contributed by atoms with Gasteiger partial charge < -0.3 is 10.4 Å². The lowest BCUT2D eigenvalue weighted by molar-refractivity contribution is 0.0235. The Hall–Kier alpha value is -2.72. The van der Waals surface area contributed by atoms with E-state index in [0.717, 1.165) is 29.3 Å². The summed E-state index contributed by atoms with van der Waals surface area (Å²) in [7, 11) is 0. The molecule has 4 nitrogen and oxygen atoms in total. The Balaban J connectivity index is 1.59. The van der Waals surface area contributed by atoms with Crippen molar-refractivity contribution in [1.82, 2.24) is 10.3 Å². The summed E-state index contributed by atoms with van der Waals surface area (Å²) in [4.78, 5) is 17.2. The van der Waals surface area contributed by atoms with E-state index in [1.54, 1.807) is 6.20 Å². The number of carbonyl (C=O) groups excluding carboxylic acids is 1. The minimum Gasteiger partial charge on any atom is -0.393 e. The third kappa shape index (κ3) is 3.26. The van der Waals surface area contributed by atoms with Crippen LogP contribution in [-0.4, -0.2) is 22.1 Å². The molecule has 4 rings (SSSR count). The number of rotatable bonds is 4. The number of nitrogens with one attached hydrogen (secondary N) is 1. The number of pyridine rings is 1. The van der Waals surface area contributed by atoms with Gasteiger partial charge in [0.15, 0.2) is 0 Å². The van der Waals surface area contributed by atoms with Crippen LogP contribution in [0.3, 0.4) is 0 Å². The minimum atomic E-state index is -0.254. The molecule has 1 aliphatic rings. The van der Waals surface area contributed by atoms with Gasteiger partial charge in [-0.2, -0.15) is 0 Å². The molecule has 1 heterocycles. The van der Waals surface area contributed by atoms with Crippen molar-refractivity contribution in [2.45, 2.75) is 25.0 Å². The number of carbonyl (C=O) groups is 1. The van der Waals surface area contributed by atoms with Gasteiger partial charge in [-0.05, 0) is 36.5 Å². The van der Waals surface area contributed by atoms with E-state index < -0.39 is 0 Å². The Kier molecular flexibility index (Phi) is 4.20.